The summed E-state index contributed by atoms with van der Waals surface area (Å²) in [6, 6.07) is 0.635. The Morgan fingerprint density at radius 2 is 1.84 bits per heavy atom. The standard InChI is InChI=1S/C16H33NO6Si.H3N/c1-6-21-24(22-7-2,10-8-9-17)23-14(5)11-15(18)12-20-16(19)13(3)4;/h14-15,18H,3,6-12,17H2,1-2,4-5H3;1H3. The summed E-state index contributed by atoms with van der Waals surface area (Å²) in [6.07, 6.45) is -0.0718. The van der Waals surface area contributed by atoms with Gasteiger partial charge in [-0.15, -0.1) is 0 Å². The highest BCUT2D eigenvalue weighted by Crippen LogP contribution is 2.21. The molecule has 25 heavy (non-hydrogen) atoms. The third kappa shape index (κ3) is 11.4. The van der Waals surface area contributed by atoms with Gasteiger partial charge in [-0.3, -0.25) is 0 Å². The zero-order chi connectivity index (χ0) is 18.6. The molecule has 0 spiro atoms. The van der Waals surface area contributed by atoms with Gasteiger partial charge in [-0.05, 0) is 40.7 Å². The number of hydrogen-bond donors (Lipinski definition) is 3. The first kappa shape index (κ1) is 26.4. The van der Waals surface area contributed by atoms with E-state index in [1.807, 2.05) is 20.8 Å². The predicted octanol–water partition coefficient (Wildman–Crippen LogP) is 1.78. The average molecular weight is 381 g/mol. The number of ether oxygens (including phenoxy) is 1. The largest absolute Gasteiger partial charge is 0.501 e. The molecule has 0 aliphatic carbocycles. The number of nitrogens with two attached hydrogens (primary N) is 1. The molecule has 150 valence electrons. The van der Waals surface area contributed by atoms with Gasteiger partial charge in [0.1, 0.15) is 6.61 Å². The molecule has 0 saturated carbocycles. The smallest absolute Gasteiger partial charge is 0.460 e. The van der Waals surface area contributed by atoms with Gasteiger partial charge in [-0.2, -0.15) is 0 Å². The number of rotatable bonds is 14. The van der Waals surface area contributed by atoms with E-state index in [-0.39, 0.29) is 18.9 Å². The van der Waals surface area contributed by atoms with Crippen LogP contribution in [-0.4, -0.2) is 58.5 Å². The Kier molecular flexibility index (Phi) is 15.2. The monoisotopic (exact) mass is 380 g/mol. The Labute approximate surface area is 152 Å². The van der Waals surface area contributed by atoms with Gasteiger partial charge in [0, 0.05) is 37.4 Å². The van der Waals surface area contributed by atoms with E-state index in [1.165, 1.54) is 0 Å². The van der Waals surface area contributed by atoms with Crippen LogP contribution in [0.4, 0.5) is 0 Å². The van der Waals surface area contributed by atoms with E-state index in [9.17, 15) is 9.90 Å². The van der Waals surface area contributed by atoms with Crippen molar-refractivity contribution in [2.45, 2.75) is 58.8 Å². The molecule has 9 heteroatoms. The van der Waals surface area contributed by atoms with Gasteiger partial charge >= 0.3 is 14.8 Å². The minimum absolute atomic E-state index is 0. The molecule has 6 N–H and O–H groups in total. The number of carbonyl (C=O) groups is 1. The van der Waals surface area contributed by atoms with Gasteiger partial charge < -0.3 is 35.0 Å². The van der Waals surface area contributed by atoms with Crippen molar-refractivity contribution in [2.24, 2.45) is 5.73 Å². The zero-order valence-electron chi connectivity index (χ0n) is 16.1. The molecule has 0 rings (SSSR count). The van der Waals surface area contributed by atoms with Crippen molar-refractivity contribution in [3.05, 3.63) is 12.2 Å². The van der Waals surface area contributed by atoms with Gasteiger partial charge in [0.05, 0.1) is 6.10 Å². The van der Waals surface area contributed by atoms with E-state index >= 15 is 0 Å². The van der Waals surface area contributed by atoms with E-state index < -0.39 is 20.9 Å². The third-order valence-electron chi connectivity index (χ3n) is 3.16. The van der Waals surface area contributed by atoms with Gasteiger partial charge in [0.15, 0.2) is 0 Å². The molecule has 0 aromatic rings. The van der Waals surface area contributed by atoms with Crippen molar-refractivity contribution in [2.75, 3.05) is 26.4 Å². The first-order valence-electron chi connectivity index (χ1n) is 8.46. The Balaban J connectivity index is 0. The topological polar surface area (TPSA) is 135 Å². The molecule has 0 aromatic heterocycles. The van der Waals surface area contributed by atoms with Crippen molar-refractivity contribution in [1.29, 1.82) is 0 Å². The molecule has 0 saturated heterocycles. The van der Waals surface area contributed by atoms with Crippen LogP contribution >= 0.6 is 0 Å². The van der Waals surface area contributed by atoms with Crippen molar-refractivity contribution >= 4 is 14.8 Å². The second-order valence-corrected chi connectivity index (χ2v) is 8.32. The quantitative estimate of drug-likeness (QED) is 0.236. The van der Waals surface area contributed by atoms with Gasteiger partial charge in [0.25, 0.3) is 0 Å². The fourth-order valence-corrected chi connectivity index (χ4v) is 5.02. The summed E-state index contributed by atoms with van der Waals surface area (Å²) in [5.74, 6) is -0.516. The van der Waals surface area contributed by atoms with Crippen LogP contribution in [-0.2, 0) is 22.8 Å². The number of hydrogen-bond acceptors (Lipinski definition) is 8. The summed E-state index contributed by atoms with van der Waals surface area (Å²) in [7, 11) is -2.82. The van der Waals surface area contributed by atoms with E-state index in [0.29, 0.717) is 37.8 Å². The molecule has 2 unspecified atom stereocenters. The van der Waals surface area contributed by atoms with E-state index in [4.69, 9.17) is 23.7 Å². The molecule has 0 aliphatic heterocycles. The predicted molar refractivity (Wildman–Crippen MR) is 99.5 cm³/mol. The van der Waals surface area contributed by atoms with Crippen LogP contribution in [0.2, 0.25) is 6.04 Å². The SMILES string of the molecule is C=C(C)C(=O)OCC(O)CC(C)O[Si](CCCN)(OCC)OCC.N. The lowest BCUT2D eigenvalue weighted by atomic mass is 10.2. The Hall–Kier alpha value is -0.813. The molecule has 0 amide bonds. The fourth-order valence-electron chi connectivity index (χ4n) is 2.17. The summed E-state index contributed by atoms with van der Waals surface area (Å²) in [6.45, 7) is 12.1. The van der Waals surface area contributed by atoms with E-state index in [2.05, 4.69) is 6.58 Å². The van der Waals surface area contributed by atoms with Crippen molar-refractivity contribution in [3.8, 4) is 0 Å². The average Bonchev–Trinajstić information content (AvgIpc) is 2.50. The molecule has 0 aliphatic rings. The minimum Gasteiger partial charge on any atom is -0.460 e. The number of esters is 1. The lowest BCUT2D eigenvalue weighted by Gasteiger charge is -2.32. The summed E-state index contributed by atoms with van der Waals surface area (Å²) in [5.41, 5.74) is 5.89. The summed E-state index contributed by atoms with van der Waals surface area (Å²) >= 11 is 0. The highest BCUT2D eigenvalue weighted by atomic mass is 28.4. The molecular weight excluding hydrogens is 344 g/mol. The maximum absolute atomic E-state index is 11.3. The molecule has 0 bridgehead atoms. The lowest BCUT2D eigenvalue weighted by Crippen LogP contribution is -2.49. The Morgan fingerprint density at radius 3 is 2.28 bits per heavy atom. The van der Waals surface area contributed by atoms with Crippen LogP contribution in [0.3, 0.4) is 0 Å². The van der Waals surface area contributed by atoms with Crippen molar-refractivity contribution < 1.29 is 27.9 Å². The third-order valence-corrected chi connectivity index (χ3v) is 6.34. The first-order chi connectivity index (χ1) is 11.3. The first-order valence-corrected chi connectivity index (χ1v) is 10.4. The molecule has 0 heterocycles. The highest BCUT2D eigenvalue weighted by molar-refractivity contribution is 6.60. The summed E-state index contributed by atoms with van der Waals surface area (Å²) in [5, 5.41) is 10.0. The van der Waals surface area contributed by atoms with Gasteiger partial charge in [0.2, 0.25) is 0 Å². The zero-order valence-corrected chi connectivity index (χ0v) is 17.1. The van der Waals surface area contributed by atoms with Crippen LogP contribution in [0.15, 0.2) is 12.2 Å². The fraction of sp³-hybridized carbons (Fsp3) is 0.812. The molecular formula is C16H36N2O6Si. The molecule has 0 fully saturated rings. The molecule has 8 nitrogen and oxygen atoms in total. The Morgan fingerprint density at radius 1 is 1.28 bits per heavy atom. The summed E-state index contributed by atoms with van der Waals surface area (Å²) in [4.78, 5) is 11.3. The number of aliphatic hydroxyl groups excluding tert-OH is 1. The Bertz CT molecular complexity index is 378. The molecule has 0 radical (unpaired) electrons. The number of carbonyl (C=O) groups excluding carboxylic acids is 1. The van der Waals surface area contributed by atoms with Gasteiger partial charge in [-0.1, -0.05) is 6.58 Å². The van der Waals surface area contributed by atoms with Crippen LogP contribution in [0.25, 0.3) is 0 Å². The van der Waals surface area contributed by atoms with Crippen LogP contribution in [0.1, 0.15) is 40.5 Å². The van der Waals surface area contributed by atoms with E-state index in [1.54, 1.807) is 6.92 Å². The lowest BCUT2D eigenvalue weighted by molar-refractivity contribution is -0.142. The minimum atomic E-state index is -2.82. The molecule has 2 atom stereocenters. The van der Waals surface area contributed by atoms with Crippen LogP contribution < -0.4 is 11.9 Å². The van der Waals surface area contributed by atoms with E-state index in [0.717, 1.165) is 6.42 Å². The second-order valence-electron chi connectivity index (χ2n) is 5.64. The van der Waals surface area contributed by atoms with Crippen LogP contribution in [0, 0.1) is 0 Å². The molecule has 0 aromatic carbocycles. The maximum atomic E-state index is 11.3. The highest BCUT2D eigenvalue weighted by Gasteiger charge is 2.41. The van der Waals surface area contributed by atoms with Crippen LogP contribution in [0.5, 0.6) is 0 Å². The van der Waals surface area contributed by atoms with Crippen molar-refractivity contribution in [1.82, 2.24) is 6.15 Å². The number of aliphatic hydroxyl groups is 1. The van der Waals surface area contributed by atoms with Gasteiger partial charge in [-0.25, -0.2) is 4.79 Å². The maximum Gasteiger partial charge on any atom is 0.501 e. The normalized spacial score (nSPS) is 13.7. The van der Waals surface area contributed by atoms with Crippen molar-refractivity contribution in [3.63, 3.8) is 0 Å². The summed E-state index contributed by atoms with van der Waals surface area (Å²) < 4.78 is 22.6. The second kappa shape index (κ2) is 14.4.